The molecule has 0 rings (SSSR count). The number of rotatable bonds is 6. The lowest BCUT2D eigenvalue weighted by molar-refractivity contribution is 1.13. The summed E-state index contributed by atoms with van der Waals surface area (Å²) in [4.78, 5) is 0. The van der Waals surface area contributed by atoms with Gasteiger partial charge < -0.3 is 0 Å². The summed E-state index contributed by atoms with van der Waals surface area (Å²) in [5.74, 6) is 0. The molecule has 0 heteroatoms. The van der Waals surface area contributed by atoms with Gasteiger partial charge in [-0.25, -0.2) is 0 Å². The maximum atomic E-state index is 3.79. The van der Waals surface area contributed by atoms with Crippen molar-refractivity contribution in [1.29, 1.82) is 0 Å². The van der Waals surface area contributed by atoms with E-state index in [1.54, 1.807) is 6.08 Å². The molecule has 0 saturated carbocycles. The van der Waals surface area contributed by atoms with E-state index in [-0.39, 0.29) is 0 Å². The van der Waals surface area contributed by atoms with Gasteiger partial charge in [0.25, 0.3) is 0 Å². The molecule has 0 heterocycles. The standard InChI is InChI=1S/C14H20.C2H6/c1-5-9-13(8-4)12-14(10-6-2)11-7-3;1-2/h5-6,8-11H,1,4,7,12H2,2-3H3;1-2H3/b10-6-,13-9+,14-11+;. The molecule has 0 bridgehead atoms. The van der Waals surface area contributed by atoms with Crippen LogP contribution in [-0.2, 0) is 0 Å². The minimum Gasteiger partial charge on any atom is -0.0991 e. The molecular formula is C16H26. The molecular weight excluding hydrogens is 192 g/mol. The van der Waals surface area contributed by atoms with Gasteiger partial charge in [-0.3, -0.25) is 0 Å². The molecule has 0 unspecified atom stereocenters. The van der Waals surface area contributed by atoms with Crippen LogP contribution in [0.2, 0.25) is 0 Å². The molecule has 0 fully saturated rings. The maximum Gasteiger partial charge on any atom is -0.00293 e. The first kappa shape index (κ1) is 17.1. The summed E-state index contributed by atoms with van der Waals surface area (Å²) >= 11 is 0. The molecule has 0 aromatic heterocycles. The molecule has 0 spiro atoms. The van der Waals surface area contributed by atoms with Gasteiger partial charge in [-0.15, -0.1) is 0 Å². The van der Waals surface area contributed by atoms with E-state index in [2.05, 4.69) is 38.3 Å². The van der Waals surface area contributed by atoms with Crippen LogP contribution in [0.25, 0.3) is 0 Å². The van der Waals surface area contributed by atoms with E-state index in [9.17, 15) is 0 Å². The van der Waals surface area contributed by atoms with Crippen molar-refractivity contribution >= 4 is 0 Å². The smallest absolute Gasteiger partial charge is 0.00293 e. The summed E-state index contributed by atoms with van der Waals surface area (Å²) in [5, 5.41) is 0. The fourth-order valence-corrected chi connectivity index (χ4v) is 1.26. The van der Waals surface area contributed by atoms with Gasteiger partial charge in [0, 0.05) is 0 Å². The van der Waals surface area contributed by atoms with Crippen molar-refractivity contribution in [3.8, 4) is 0 Å². The van der Waals surface area contributed by atoms with Gasteiger partial charge in [0.15, 0.2) is 0 Å². The molecule has 0 radical (unpaired) electrons. The number of hydrogen-bond donors (Lipinski definition) is 0. The summed E-state index contributed by atoms with van der Waals surface area (Å²) in [6.45, 7) is 15.7. The van der Waals surface area contributed by atoms with Crippen molar-refractivity contribution in [3.05, 3.63) is 60.8 Å². The van der Waals surface area contributed by atoms with Crippen molar-refractivity contribution < 1.29 is 0 Å². The minimum absolute atomic E-state index is 0.938. The second kappa shape index (κ2) is 13.7. The molecule has 90 valence electrons. The Balaban J connectivity index is 0. The van der Waals surface area contributed by atoms with Crippen LogP contribution < -0.4 is 0 Å². The van der Waals surface area contributed by atoms with E-state index in [0.29, 0.717) is 0 Å². The molecule has 16 heavy (non-hydrogen) atoms. The summed E-state index contributed by atoms with van der Waals surface area (Å²) in [6.07, 6.45) is 14.1. The summed E-state index contributed by atoms with van der Waals surface area (Å²) in [5.41, 5.74) is 2.54. The van der Waals surface area contributed by atoms with E-state index >= 15 is 0 Å². The van der Waals surface area contributed by atoms with Crippen molar-refractivity contribution in [1.82, 2.24) is 0 Å². The molecule has 0 aromatic rings. The van der Waals surface area contributed by atoms with Crippen LogP contribution in [0, 0.1) is 0 Å². The first-order valence-corrected chi connectivity index (χ1v) is 6.04. The first-order chi connectivity index (χ1) is 7.78. The lowest BCUT2D eigenvalue weighted by atomic mass is 10.0. The quantitative estimate of drug-likeness (QED) is 0.508. The molecule has 0 amide bonds. The van der Waals surface area contributed by atoms with Gasteiger partial charge in [0.1, 0.15) is 0 Å². The topological polar surface area (TPSA) is 0 Å². The van der Waals surface area contributed by atoms with Gasteiger partial charge in [-0.05, 0) is 30.9 Å². The van der Waals surface area contributed by atoms with E-state index < -0.39 is 0 Å². The fraction of sp³-hybridized carbons (Fsp3) is 0.375. The average Bonchev–Trinajstić information content (AvgIpc) is 2.31. The predicted molar refractivity (Wildman–Crippen MR) is 77.6 cm³/mol. The fourth-order valence-electron chi connectivity index (χ4n) is 1.26. The number of hydrogen-bond acceptors (Lipinski definition) is 0. The first-order valence-electron chi connectivity index (χ1n) is 6.04. The van der Waals surface area contributed by atoms with Gasteiger partial charge in [0.05, 0.1) is 0 Å². The van der Waals surface area contributed by atoms with Crippen molar-refractivity contribution in [2.24, 2.45) is 0 Å². The molecule has 0 aliphatic rings. The average molecular weight is 218 g/mol. The Morgan fingerprint density at radius 2 is 1.75 bits per heavy atom. The Morgan fingerprint density at radius 1 is 1.12 bits per heavy atom. The Labute approximate surface area is 102 Å². The third-order valence-electron chi connectivity index (χ3n) is 1.85. The lowest BCUT2D eigenvalue weighted by Gasteiger charge is -2.02. The number of allylic oxidation sites excluding steroid dienone is 8. The molecule has 0 saturated heterocycles. The van der Waals surface area contributed by atoms with Crippen LogP contribution >= 0.6 is 0 Å². The Bertz CT molecular complexity index is 262. The van der Waals surface area contributed by atoms with Gasteiger partial charge >= 0.3 is 0 Å². The monoisotopic (exact) mass is 218 g/mol. The summed E-state index contributed by atoms with van der Waals surface area (Å²) in [7, 11) is 0. The zero-order valence-corrected chi connectivity index (χ0v) is 11.3. The van der Waals surface area contributed by atoms with Gasteiger partial charge in [0.2, 0.25) is 0 Å². The highest BCUT2D eigenvalue weighted by Crippen LogP contribution is 2.14. The van der Waals surface area contributed by atoms with E-state index in [1.807, 2.05) is 32.9 Å². The van der Waals surface area contributed by atoms with E-state index in [0.717, 1.165) is 12.8 Å². The highest BCUT2D eigenvalue weighted by atomic mass is 14.0. The predicted octanol–water partition coefficient (Wildman–Crippen LogP) is 5.61. The molecule has 0 aliphatic carbocycles. The van der Waals surface area contributed by atoms with Crippen molar-refractivity contribution in [2.75, 3.05) is 0 Å². The third-order valence-corrected chi connectivity index (χ3v) is 1.85. The second-order valence-electron chi connectivity index (χ2n) is 3.05. The van der Waals surface area contributed by atoms with Crippen LogP contribution in [0.3, 0.4) is 0 Å². The van der Waals surface area contributed by atoms with Crippen LogP contribution in [0.5, 0.6) is 0 Å². The molecule has 0 nitrogen and oxygen atoms in total. The van der Waals surface area contributed by atoms with Crippen LogP contribution in [0.1, 0.15) is 40.5 Å². The SMILES string of the molecule is C=C/C=C(\C=C)CC(/C=C\C)=C/CC.CC. The van der Waals surface area contributed by atoms with E-state index in [1.165, 1.54) is 11.1 Å². The minimum atomic E-state index is 0.938. The maximum absolute atomic E-state index is 3.79. The Hall–Kier alpha value is -1.30. The molecule has 0 atom stereocenters. The van der Waals surface area contributed by atoms with Gasteiger partial charge in [-0.2, -0.15) is 0 Å². The molecule has 0 N–H and O–H groups in total. The highest BCUT2D eigenvalue weighted by Gasteiger charge is 1.94. The van der Waals surface area contributed by atoms with Gasteiger partial charge in [-0.1, -0.05) is 70.4 Å². The normalized spacial score (nSPS) is 12.0. The second-order valence-corrected chi connectivity index (χ2v) is 3.05. The molecule has 0 aliphatic heterocycles. The van der Waals surface area contributed by atoms with E-state index in [4.69, 9.17) is 0 Å². The zero-order valence-electron chi connectivity index (χ0n) is 11.3. The van der Waals surface area contributed by atoms with Crippen LogP contribution in [-0.4, -0.2) is 0 Å². The molecule has 0 aromatic carbocycles. The lowest BCUT2D eigenvalue weighted by Crippen LogP contribution is -1.82. The zero-order chi connectivity index (χ0) is 12.8. The highest BCUT2D eigenvalue weighted by molar-refractivity contribution is 5.31. The summed E-state index contributed by atoms with van der Waals surface area (Å²) in [6, 6.07) is 0. The Kier molecular flexibility index (Phi) is 14.6. The van der Waals surface area contributed by atoms with Crippen LogP contribution in [0.15, 0.2) is 60.8 Å². The van der Waals surface area contributed by atoms with Crippen LogP contribution in [0.4, 0.5) is 0 Å². The largest absolute Gasteiger partial charge is 0.0991 e. The van der Waals surface area contributed by atoms with Crippen molar-refractivity contribution in [3.63, 3.8) is 0 Å². The van der Waals surface area contributed by atoms with Crippen molar-refractivity contribution in [2.45, 2.75) is 40.5 Å². The Morgan fingerprint density at radius 3 is 2.12 bits per heavy atom. The summed E-state index contributed by atoms with van der Waals surface area (Å²) < 4.78 is 0. The third kappa shape index (κ3) is 9.26.